The first-order valence-corrected chi connectivity index (χ1v) is 10.8. The first-order chi connectivity index (χ1) is 15.6. The molecule has 0 radical (unpaired) electrons. The van der Waals surface area contributed by atoms with E-state index in [9.17, 15) is 35.4 Å². The van der Waals surface area contributed by atoms with E-state index < -0.39 is 34.7 Å². The molecule has 1 heterocycles. The quantitative estimate of drug-likeness (QED) is 0.228. The number of hydrogen-bond donors (Lipinski definition) is 7. The molecule has 4 rings (SSSR count). The van der Waals surface area contributed by atoms with E-state index in [2.05, 4.69) is 0 Å². The predicted molar refractivity (Wildman–Crippen MR) is 122 cm³/mol. The standard InChI is InChI=1S/C20H20O8.C4H10O/c21-7-8-1-9(3-10(22)2-8)17-14(25)6-16-18(20(17)27)19(26)11-4-12(23)13(24)5-15(11)28-16;1-4(2)3-5/h4-6,8-10,21-25,27H,1-3,7H2;4-5H,3H2,1-2H3. The molecule has 1 aromatic heterocycles. The first-order valence-electron chi connectivity index (χ1n) is 10.8. The van der Waals surface area contributed by atoms with Crippen LogP contribution in [0.4, 0.5) is 0 Å². The average molecular weight is 462 g/mol. The molecule has 2 aromatic carbocycles. The lowest BCUT2D eigenvalue weighted by molar-refractivity contribution is 0.0642. The molecule has 3 atom stereocenters. The highest BCUT2D eigenvalue weighted by Gasteiger charge is 2.33. The van der Waals surface area contributed by atoms with Crippen molar-refractivity contribution in [2.75, 3.05) is 13.2 Å². The Hall–Kier alpha value is -3.01. The second-order valence-electron chi connectivity index (χ2n) is 8.98. The van der Waals surface area contributed by atoms with Crippen molar-refractivity contribution in [1.29, 1.82) is 0 Å². The normalized spacial score (nSPS) is 20.7. The maximum atomic E-state index is 12.9. The number of aromatic hydroxyl groups is 4. The molecule has 0 saturated heterocycles. The molecule has 3 unspecified atom stereocenters. The number of phenols is 4. The molecular weight excluding hydrogens is 432 g/mol. The second-order valence-corrected chi connectivity index (χ2v) is 8.98. The largest absolute Gasteiger partial charge is 0.507 e. The maximum Gasteiger partial charge on any atom is 0.204 e. The number of benzene rings is 2. The highest BCUT2D eigenvalue weighted by molar-refractivity contribution is 5.96. The van der Waals surface area contributed by atoms with E-state index in [1.807, 2.05) is 13.8 Å². The van der Waals surface area contributed by atoms with Crippen LogP contribution < -0.4 is 5.43 Å². The highest BCUT2D eigenvalue weighted by Crippen LogP contribution is 2.46. The molecular formula is C24H30O9. The summed E-state index contributed by atoms with van der Waals surface area (Å²) in [6.07, 6.45) is 0.445. The number of phenolic OH excluding ortho intramolecular Hbond substituents is 4. The molecule has 1 fully saturated rings. The van der Waals surface area contributed by atoms with Crippen LogP contribution in [-0.2, 0) is 0 Å². The highest BCUT2D eigenvalue weighted by atomic mass is 16.3. The molecule has 3 aromatic rings. The van der Waals surface area contributed by atoms with Crippen LogP contribution in [-0.4, -0.2) is 55.1 Å². The molecule has 180 valence electrons. The Morgan fingerprint density at radius 3 is 2.15 bits per heavy atom. The van der Waals surface area contributed by atoms with Gasteiger partial charge in [-0.25, -0.2) is 0 Å². The molecule has 0 bridgehead atoms. The molecule has 9 nitrogen and oxygen atoms in total. The SMILES string of the molecule is CC(C)CO.O=c1c2cc(O)c(O)cc2oc2cc(O)c(C3CC(O)CC(CO)C3)c(O)c12. The van der Waals surface area contributed by atoms with E-state index in [0.29, 0.717) is 25.4 Å². The molecule has 33 heavy (non-hydrogen) atoms. The Morgan fingerprint density at radius 2 is 1.55 bits per heavy atom. The van der Waals surface area contributed by atoms with E-state index in [-0.39, 0.29) is 52.2 Å². The summed E-state index contributed by atoms with van der Waals surface area (Å²) < 4.78 is 5.55. The van der Waals surface area contributed by atoms with Crippen LogP contribution in [0.3, 0.4) is 0 Å². The third-order valence-electron chi connectivity index (χ3n) is 5.86. The van der Waals surface area contributed by atoms with Crippen molar-refractivity contribution in [2.24, 2.45) is 11.8 Å². The number of fused-ring (bicyclic) bond motifs is 2. The van der Waals surface area contributed by atoms with Crippen molar-refractivity contribution in [2.45, 2.75) is 45.1 Å². The molecule has 7 N–H and O–H groups in total. The topological polar surface area (TPSA) is 172 Å². The van der Waals surface area contributed by atoms with Crippen LogP contribution >= 0.6 is 0 Å². The van der Waals surface area contributed by atoms with Gasteiger partial charge in [-0.3, -0.25) is 4.79 Å². The van der Waals surface area contributed by atoms with Gasteiger partial charge in [-0.05, 0) is 43.1 Å². The van der Waals surface area contributed by atoms with Crippen molar-refractivity contribution in [3.05, 3.63) is 34.0 Å². The minimum Gasteiger partial charge on any atom is -0.507 e. The van der Waals surface area contributed by atoms with Crippen molar-refractivity contribution in [1.82, 2.24) is 0 Å². The molecule has 0 aliphatic heterocycles. The number of hydrogen-bond acceptors (Lipinski definition) is 9. The summed E-state index contributed by atoms with van der Waals surface area (Å²) in [6, 6.07) is 3.34. The Bertz CT molecular complexity index is 1200. The second kappa shape index (κ2) is 9.86. The van der Waals surface area contributed by atoms with Crippen molar-refractivity contribution in [3.8, 4) is 23.0 Å². The van der Waals surface area contributed by atoms with Crippen molar-refractivity contribution >= 4 is 21.9 Å². The number of aliphatic hydroxyl groups is 3. The molecule has 9 heteroatoms. The van der Waals surface area contributed by atoms with Gasteiger partial charge in [-0.2, -0.15) is 0 Å². The number of aliphatic hydroxyl groups excluding tert-OH is 3. The van der Waals surface area contributed by atoms with Crippen LogP contribution in [0.2, 0.25) is 0 Å². The van der Waals surface area contributed by atoms with Gasteiger partial charge >= 0.3 is 0 Å². The van der Waals surface area contributed by atoms with Gasteiger partial charge < -0.3 is 40.2 Å². The Balaban J connectivity index is 0.000000555. The summed E-state index contributed by atoms with van der Waals surface area (Å²) >= 11 is 0. The summed E-state index contributed by atoms with van der Waals surface area (Å²) in [5, 5.41) is 68.1. The van der Waals surface area contributed by atoms with Crippen LogP contribution in [0.25, 0.3) is 21.9 Å². The Kier molecular flexibility index (Phi) is 7.36. The predicted octanol–water partition coefficient (Wildman–Crippen LogP) is 2.64. The fourth-order valence-corrected chi connectivity index (χ4v) is 4.21. The molecule has 1 aliphatic carbocycles. The fourth-order valence-electron chi connectivity index (χ4n) is 4.21. The molecule has 0 amide bonds. The van der Waals surface area contributed by atoms with E-state index >= 15 is 0 Å². The van der Waals surface area contributed by atoms with Gasteiger partial charge in [0.15, 0.2) is 11.5 Å². The summed E-state index contributed by atoms with van der Waals surface area (Å²) in [5.74, 6) is -1.90. The summed E-state index contributed by atoms with van der Waals surface area (Å²) in [4.78, 5) is 12.9. The molecule has 1 aliphatic rings. The van der Waals surface area contributed by atoms with E-state index in [4.69, 9.17) is 9.52 Å². The van der Waals surface area contributed by atoms with E-state index in [0.717, 1.165) is 12.1 Å². The van der Waals surface area contributed by atoms with E-state index in [1.165, 1.54) is 6.07 Å². The smallest absolute Gasteiger partial charge is 0.204 e. The lowest BCUT2D eigenvalue weighted by atomic mass is 9.76. The monoisotopic (exact) mass is 462 g/mol. The third kappa shape index (κ3) is 5.00. The number of rotatable bonds is 3. The lowest BCUT2D eigenvalue weighted by Gasteiger charge is -2.32. The fraction of sp³-hybridized carbons (Fsp3) is 0.458. The lowest BCUT2D eigenvalue weighted by Crippen LogP contribution is -2.27. The van der Waals surface area contributed by atoms with Gasteiger partial charge in [-0.15, -0.1) is 0 Å². The average Bonchev–Trinajstić information content (AvgIpc) is 2.75. The first kappa shape index (κ1) is 24.6. The summed E-state index contributed by atoms with van der Waals surface area (Å²) in [6.45, 7) is 4.12. The van der Waals surface area contributed by atoms with Crippen LogP contribution in [0, 0.1) is 11.8 Å². The van der Waals surface area contributed by atoms with Gasteiger partial charge in [0.1, 0.15) is 28.1 Å². The minimum absolute atomic E-state index is 0.00668. The zero-order valence-corrected chi connectivity index (χ0v) is 18.5. The van der Waals surface area contributed by atoms with Crippen LogP contribution in [0.15, 0.2) is 27.4 Å². The van der Waals surface area contributed by atoms with Crippen LogP contribution in [0.1, 0.15) is 44.6 Å². The Morgan fingerprint density at radius 1 is 0.939 bits per heavy atom. The zero-order chi connectivity index (χ0) is 24.4. The van der Waals surface area contributed by atoms with Crippen LogP contribution in [0.5, 0.6) is 23.0 Å². The summed E-state index contributed by atoms with van der Waals surface area (Å²) in [7, 11) is 0. The van der Waals surface area contributed by atoms with Crippen molar-refractivity contribution in [3.63, 3.8) is 0 Å². The Labute approximate surface area is 189 Å². The van der Waals surface area contributed by atoms with Gasteiger partial charge in [0.2, 0.25) is 5.43 Å². The van der Waals surface area contributed by atoms with Gasteiger partial charge in [0, 0.05) is 30.9 Å². The van der Waals surface area contributed by atoms with Gasteiger partial charge in [0.05, 0.1) is 11.5 Å². The summed E-state index contributed by atoms with van der Waals surface area (Å²) in [5.41, 5.74) is -0.580. The van der Waals surface area contributed by atoms with Gasteiger partial charge in [-0.1, -0.05) is 13.8 Å². The van der Waals surface area contributed by atoms with Crippen molar-refractivity contribution < 1.29 is 40.2 Å². The minimum atomic E-state index is -0.696. The molecule has 0 spiro atoms. The zero-order valence-electron chi connectivity index (χ0n) is 18.5. The van der Waals surface area contributed by atoms with Gasteiger partial charge in [0.25, 0.3) is 0 Å². The van der Waals surface area contributed by atoms with E-state index in [1.54, 1.807) is 0 Å². The molecule has 1 saturated carbocycles. The maximum absolute atomic E-state index is 12.9. The third-order valence-corrected chi connectivity index (χ3v) is 5.86.